The molecule has 1 aromatic carbocycles. The van der Waals surface area contributed by atoms with Crippen molar-refractivity contribution in [2.75, 3.05) is 37.4 Å². The summed E-state index contributed by atoms with van der Waals surface area (Å²) in [4.78, 5) is 20.1. The summed E-state index contributed by atoms with van der Waals surface area (Å²) in [6.07, 6.45) is -5.08. The zero-order valence-corrected chi connectivity index (χ0v) is 17.5. The summed E-state index contributed by atoms with van der Waals surface area (Å²) >= 11 is 1.66. The van der Waals surface area contributed by atoms with Crippen LogP contribution in [0.2, 0.25) is 0 Å². The zero-order valence-electron chi connectivity index (χ0n) is 16.6. The van der Waals surface area contributed by atoms with Crippen LogP contribution in [0.3, 0.4) is 0 Å². The molecule has 1 saturated heterocycles. The minimum atomic E-state index is -5.08. The number of anilines is 2. The van der Waals surface area contributed by atoms with Gasteiger partial charge in [0.05, 0.1) is 12.1 Å². The Morgan fingerprint density at radius 3 is 2.52 bits per heavy atom. The molecule has 9 nitrogen and oxygen atoms in total. The monoisotopic (exact) mass is 455 g/mol. The van der Waals surface area contributed by atoms with Crippen molar-refractivity contribution in [3.05, 3.63) is 34.3 Å². The SMILES string of the molecule is CN(C)c1nc(NCc2nnc(C3CNC3)s2)nc2ccccc12.O=C(O)C(F)(F)F. The van der Waals surface area contributed by atoms with Crippen LogP contribution in [0.25, 0.3) is 10.9 Å². The van der Waals surface area contributed by atoms with Crippen molar-refractivity contribution in [3.8, 4) is 0 Å². The molecule has 3 heterocycles. The molecule has 13 heteroatoms. The number of carbonyl (C=O) groups is 1. The average Bonchev–Trinajstić information content (AvgIpc) is 3.12. The first-order valence-corrected chi connectivity index (χ1v) is 9.98. The second-order valence-corrected chi connectivity index (χ2v) is 7.92. The fourth-order valence-corrected chi connectivity index (χ4v) is 3.48. The molecular weight excluding hydrogens is 435 g/mol. The lowest BCUT2D eigenvalue weighted by atomic mass is 10.1. The molecule has 3 aromatic rings. The molecular formula is C18H20F3N7O2S. The number of fused-ring (bicyclic) bond motifs is 1. The molecule has 0 radical (unpaired) electrons. The molecule has 0 spiro atoms. The van der Waals surface area contributed by atoms with Crippen LogP contribution in [0.4, 0.5) is 24.9 Å². The van der Waals surface area contributed by atoms with Crippen LogP contribution in [-0.2, 0) is 11.3 Å². The average molecular weight is 455 g/mol. The fourth-order valence-electron chi connectivity index (χ4n) is 2.60. The highest BCUT2D eigenvalue weighted by Crippen LogP contribution is 2.25. The van der Waals surface area contributed by atoms with Gasteiger partial charge in [-0.3, -0.25) is 0 Å². The number of carboxylic acid groups (broad SMARTS) is 1. The Hall–Kier alpha value is -3.06. The number of benzene rings is 1. The summed E-state index contributed by atoms with van der Waals surface area (Å²) in [7, 11) is 3.98. The van der Waals surface area contributed by atoms with Gasteiger partial charge in [0, 0.05) is 38.5 Å². The van der Waals surface area contributed by atoms with E-state index in [-0.39, 0.29) is 0 Å². The predicted molar refractivity (Wildman–Crippen MR) is 110 cm³/mol. The first-order chi connectivity index (χ1) is 14.6. The Morgan fingerprint density at radius 1 is 1.26 bits per heavy atom. The largest absolute Gasteiger partial charge is 0.490 e. The Morgan fingerprint density at radius 2 is 1.94 bits per heavy atom. The topological polar surface area (TPSA) is 116 Å². The molecule has 0 amide bonds. The number of para-hydroxylation sites is 1. The van der Waals surface area contributed by atoms with E-state index in [1.165, 1.54) is 0 Å². The molecule has 166 valence electrons. The van der Waals surface area contributed by atoms with Gasteiger partial charge in [0.2, 0.25) is 5.95 Å². The van der Waals surface area contributed by atoms with Crippen molar-refractivity contribution < 1.29 is 23.1 Å². The second kappa shape index (κ2) is 9.39. The maximum absolute atomic E-state index is 10.6. The number of hydrogen-bond acceptors (Lipinski definition) is 9. The number of aromatic nitrogens is 4. The quantitative estimate of drug-likeness (QED) is 0.533. The third-order valence-electron chi connectivity index (χ3n) is 4.26. The molecule has 31 heavy (non-hydrogen) atoms. The first kappa shape index (κ1) is 22.6. The number of alkyl halides is 3. The second-order valence-electron chi connectivity index (χ2n) is 6.83. The molecule has 0 bridgehead atoms. The Labute approximate surface area is 179 Å². The Balaban J connectivity index is 0.000000339. The number of aliphatic carboxylic acids is 1. The van der Waals surface area contributed by atoms with E-state index < -0.39 is 12.1 Å². The Kier molecular flexibility index (Phi) is 6.85. The van der Waals surface area contributed by atoms with Gasteiger partial charge in [0.15, 0.2) is 0 Å². The summed E-state index contributed by atoms with van der Waals surface area (Å²) in [5.41, 5.74) is 0.928. The van der Waals surface area contributed by atoms with Crippen LogP contribution in [-0.4, -0.2) is 64.6 Å². The maximum Gasteiger partial charge on any atom is 0.490 e. The van der Waals surface area contributed by atoms with Gasteiger partial charge in [-0.25, -0.2) is 9.78 Å². The van der Waals surface area contributed by atoms with Crippen LogP contribution in [0, 0.1) is 0 Å². The van der Waals surface area contributed by atoms with Crippen molar-refractivity contribution >= 4 is 40.0 Å². The van der Waals surface area contributed by atoms with E-state index in [4.69, 9.17) is 9.90 Å². The molecule has 0 aliphatic carbocycles. The number of rotatable bonds is 5. The lowest BCUT2D eigenvalue weighted by molar-refractivity contribution is -0.192. The molecule has 1 aliphatic rings. The van der Waals surface area contributed by atoms with Gasteiger partial charge in [0.1, 0.15) is 15.8 Å². The minimum absolute atomic E-state index is 0.522. The van der Waals surface area contributed by atoms with E-state index >= 15 is 0 Å². The van der Waals surface area contributed by atoms with Crippen LogP contribution >= 0.6 is 11.3 Å². The van der Waals surface area contributed by atoms with E-state index in [0.29, 0.717) is 18.4 Å². The summed E-state index contributed by atoms with van der Waals surface area (Å²) in [6.45, 7) is 2.59. The highest BCUT2D eigenvalue weighted by molar-refractivity contribution is 7.11. The summed E-state index contributed by atoms with van der Waals surface area (Å²) in [5, 5.41) is 25.3. The molecule has 1 fully saturated rings. The first-order valence-electron chi connectivity index (χ1n) is 9.16. The number of carboxylic acids is 1. The van der Waals surface area contributed by atoms with E-state index in [2.05, 4.69) is 30.8 Å². The smallest absolute Gasteiger partial charge is 0.475 e. The third-order valence-corrected chi connectivity index (χ3v) is 5.35. The molecule has 3 N–H and O–H groups in total. The predicted octanol–water partition coefficient (Wildman–Crippen LogP) is 2.48. The highest BCUT2D eigenvalue weighted by Gasteiger charge is 2.38. The summed E-state index contributed by atoms with van der Waals surface area (Å²) < 4.78 is 31.7. The van der Waals surface area contributed by atoms with Crippen LogP contribution in [0.15, 0.2) is 24.3 Å². The normalized spacial score (nSPS) is 13.8. The van der Waals surface area contributed by atoms with Crippen LogP contribution < -0.4 is 15.5 Å². The van der Waals surface area contributed by atoms with Crippen LogP contribution in [0.5, 0.6) is 0 Å². The van der Waals surface area contributed by atoms with Crippen molar-refractivity contribution in [2.45, 2.75) is 18.6 Å². The van der Waals surface area contributed by atoms with Gasteiger partial charge in [-0.2, -0.15) is 18.2 Å². The minimum Gasteiger partial charge on any atom is -0.475 e. The summed E-state index contributed by atoms with van der Waals surface area (Å²) in [6, 6.07) is 8.03. The number of hydrogen-bond donors (Lipinski definition) is 3. The molecule has 1 aliphatic heterocycles. The van der Waals surface area contributed by atoms with Crippen LogP contribution in [0.1, 0.15) is 15.9 Å². The lowest BCUT2D eigenvalue weighted by Crippen LogP contribution is -2.39. The van der Waals surface area contributed by atoms with Gasteiger partial charge in [0.25, 0.3) is 0 Å². The zero-order chi connectivity index (χ0) is 22.6. The van der Waals surface area contributed by atoms with Crippen molar-refractivity contribution in [2.24, 2.45) is 0 Å². The highest BCUT2D eigenvalue weighted by atomic mass is 32.1. The number of nitrogens with one attached hydrogen (secondary N) is 2. The van der Waals surface area contributed by atoms with Gasteiger partial charge >= 0.3 is 12.1 Å². The van der Waals surface area contributed by atoms with Crippen molar-refractivity contribution in [3.63, 3.8) is 0 Å². The third kappa shape index (κ3) is 5.76. The summed E-state index contributed by atoms with van der Waals surface area (Å²) in [5.74, 6) is -0.720. The molecule has 4 rings (SSSR count). The Bertz CT molecular complexity index is 1050. The van der Waals surface area contributed by atoms with E-state index in [1.54, 1.807) is 11.3 Å². The standard InChI is InChI=1S/C16H19N7S.C2HF3O2/c1-23(2)14-11-5-3-4-6-12(11)19-16(20-14)18-9-13-21-22-15(24-13)10-7-17-8-10;3-2(4,5)1(6)7/h3-6,10,17H,7-9H2,1-2H3,(H,18,19,20);(H,6,7). The van der Waals surface area contributed by atoms with E-state index in [0.717, 1.165) is 39.8 Å². The fraction of sp³-hybridized carbons (Fsp3) is 0.389. The molecule has 0 atom stereocenters. The number of halogens is 3. The van der Waals surface area contributed by atoms with Gasteiger partial charge in [-0.15, -0.1) is 10.2 Å². The molecule has 0 unspecified atom stereocenters. The molecule has 0 saturated carbocycles. The van der Waals surface area contributed by atoms with E-state index in [9.17, 15) is 13.2 Å². The van der Waals surface area contributed by atoms with Crippen molar-refractivity contribution in [1.29, 1.82) is 0 Å². The molecule has 2 aromatic heterocycles. The van der Waals surface area contributed by atoms with E-state index in [1.807, 2.05) is 43.3 Å². The van der Waals surface area contributed by atoms with Gasteiger partial charge in [-0.05, 0) is 12.1 Å². The maximum atomic E-state index is 10.6. The number of nitrogens with zero attached hydrogens (tertiary/aromatic N) is 5. The van der Waals surface area contributed by atoms with Gasteiger partial charge < -0.3 is 20.6 Å². The van der Waals surface area contributed by atoms with Gasteiger partial charge in [-0.1, -0.05) is 23.5 Å². The van der Waals surface area contributed by atoms with Crippen molar-refractivity contribution in [1.82, 2.24) is 25.5 Å². The lowest BCUT2D eigenvalue weighted by Gasteiger charge is -2.23.